The summed E-state index contributed by atoms with van der Waals surface area (Å²) in [5.41, 5.74) is -0.907. The summed E-state index contributed by atoms with van der Waals surface area (Å²) in [5, 5.41) is 3.18. The molecule has 1 saturated heterocycles. The normalized spacial score (nSPS) is 30.4. The molecule has 0 aromatic heterocycles. The summed E-state index contributed by atoms with van der Waals surface area (Å²) in [6.45, 7) is 3.63. The minimum absolute atomic E-state index is 0.283. The smallest absolute Gasteiger partial charge is 0.116 e. The van der Waals surface area contributed by atoms with Crippen LogP contribution in [0.5, 0.6) is 0 Å². The maximum absolute atomic E-state index is 14.6. The van der Waals surface area contributed by atoms with Crippen LogP contribution in [0, 0.1) is 11.8 Å². The van der Waals surface area contributed by atoms with Crippen LogP contribution in [0.15, 0.2) is 0 Å². The quantitative estimate of drug-likeness (QED) is 0.674. The van der Waals surface area contributed by atoms with Gasteiger partial charge < -0.3 is 5.32 Å². The number of hydrogen-bond acceptors (Lipinski definition) is 1. The zero-order chi connectivity index (χ0) is 10.0. The van der Waals surface area contributed by atoms with Crippen LogP contribution in [0.4, 0.5) is 4.39 Å². The van der Waals surface area contributed by atoms with E-state index in [4.69, 9.17) is 0 Å². The van der Waals surface area contributed by atoms with Gasteiger partial charge in [0.1, 0.15) is 5.67 Å². The molecule has 1 aliphatic carbocycles. The number of hydrogen-bond donors (Lipinski definition) is 1. The van der Waals surface area contributed by atoms with E-state index in [1.54, 1.807) is 0 Å². The Morgan fingerprint density at radius 3 is 2.00 bits per heavy atom. The Hall–Kier alpha value is -0.110. The summed E-state index contributed by atoms with van der Waals surface area (Å²) in [7, 11) is 0. The van der Waals surface area contributed by atoms with Crippen molar-refractivity contribution in [1.82, 2.24) is 5.32 Å². The molecule has 0 spiro atoms. The molecule has 0 aromatic rings. The van der Waals surface area contributed by atoms with E-state index in [-0.39, 0.29) is 5.92 Å². The molecule has 0 radical (unpaired) electrons. The third kappa shape index (κ3) is 1.95. The fraction of sp³-hybridized carbons (Fsp3) is 1.00. The second kappa shape index (κ2) is 4.18. The van der Waals surface area contributed by atoms with Gasteiger partial charge in [0.05, 0.1) is 0 Å². The number of nitrogens with one attached hydrogen (secondary N) is 1. The third-order valence-electron chi connectivity index (χ3n) is 4.23. The van der Waals surface area contributed by atoms with Gasteiger partial charge in [0.25, 0.3) is 0 Å². The Kier molecular flexibility index (Phi) is 3.10. The van der Waals surface area contributed by atoms with Crippen molar-refractivity contribution in [1.29, 1.82) is 0 Å². The molecule has 2 fully saturated rings. The minimum Gasteiger partial charge on any atom is -0.316 e. The highest BCUT2D eigenvalue weighted by Gasteiger charge is 2.43. The lowest BCUT2D eigenvalue weighted by atomic mass is 9.74. The maximum Gasteiger partial charge on any atom is 0.116 e. The lowest BCUT2D eigenvalue weighted by molar-refractivity contribution is 0.000881. The molecule has 14 heavy (non-hydrogen) atoms. The van der Waals surface area contributed by atoms with E-state index in [9.17, 15) is 4.39 Å². The SMILES string of the molecule is CC(F)(C1CCCCCC1)C1CNC1. The van der Waals surface area contributed by atoms with Crippen molar-refractivity contribution in [3.8, 4) is 0 Å². The van der Waals surface area contributed by atoms with Gasteiger partial charge in [-0.15, -0.1) is 0 Å². The summed E-state index contributed by atoms with van der Waals surface area (Å²) in [6.07, 6.45) is 7.34. The van der Waals surface area contributed by atoms with Gasteiger partial charge in [0.2, 0.25) is 0 Å². The van der Waals surface area contributed by atoms with Crippen molar-refractivity contribution >= 4 is 0 Å². The average molecular weight is 199 g/mol. The number of alkyl halides is 1. The fourth-order valence-electron chi connectivity index (χ4n) is 2.86. The van der Waals surface area contributed by atoms with E-state index < -0.39 is 5.67 Å². The van der Waals surface area contributed by atoms with Crippen LogP contribution in [-0.2, 0) is 0 Å². The van der Waals surface area contributed by atoms with Gasteiger partial charge in [0.15, 0.2) is 0 Å². The third-order valence-corrected chi connectivity index (χ3v) is 4.23. The first-order valence-corrected chi connectivity index (χ1v) is 6.11. The molecule has 1 aliphatic heterocycles. The summed E-state index contributed by atoms with van der Waals surface area (Å²) in [5.74, 6) is 0.614. The van der Waals surface area contributed by atoms with Crippen molar-refractivity contribution in [3.05, 3.63) is 0 Å². The Labute approximate surface area is 86.5 Å². The topological polar surface area (TPSA) is 12.0 Å². The molecule has 0 bridgehead atoms. The molecule has 0 amide bonds. The molecule has 0 aromatic carbocycles. The first-order chi connectivity index (χ1) is 6.71. The zero-order valence-corrected chi connectivity index (χ0v) is 9.19. The molecule has 1 nitrogen and oxygen atoms in total. The largest absolute Gasteiger partial charge is 0.316 e. The van der Waals surface area contributed by atoms with Crippen molar-refractivity contribution < 1.29 is 4.39 Å². The number of rotatable bonds is 2. The summed E-state index contributed by atoms with van der Waals surface area (Å²) in [4.78, 5) is 0. The predicted molar refractivity (Wildman–Crippen MR) is 57.1 cm³/mol. The second-order valence-electron chi connectivity index (χ2n) is 5.19. The van der Waals surface area contributed by atoms with Gasteiger partial charge in [-0.1, -0.05) is 25.7 Å². The van der Waals surface area contributed by atoms with E-state index >= 15 is 0 Å². The molecule has 1 heterocycles. The van der Waals surface area contributed by atoms with Gasteiger partial charge in [0, 0.05) is 19.0 Å². The van der Waals surface area contributed by atoms with E-state index in [1.807, 2.05) is 6.92 Å². The van der Waals surface area contributed by atoms with Gasteiger partial charge in [-0.05, 0) is 25.7 Å². The first-order valence-electron chi connectivity index (χ1n) is 6.11. The predicted octanol–water partition coefficient (Wildman–Crippen LogP) is 2.90. The second-order valence-corrected chi connectivity index (χ2v) is 5.19. The Morgan fingerprint density at radius 1 is 1.00 bits per heavy atom. The van der Waals surface area contributed by atoms with Gasteiger partial charge in [-0.25, -0.2) is 4.39 Å². The summed E-state index contributed by atoms with van der Waals surface area (Å²) < 4.78 is 14.6. The Bertz CT molecular complexity index is 179. The monoisotopic (exact) mass is 199 g/mol. The first kappa shape index (κ1) is 10.4. The van der Waals surface area contributed by atoms with Crippen molar-refractivity contribution in [2.45, 2.75) is 51.1 Å². The van der Waals surface area contributed by atoms with Crippen LogP contribution in [0.3, 0.4) is 0 Å². The molecule has 2 heteroatoms. The lowest BCUT2D eigenvalue weighted by Gasteiger charge is -2.42. The molecule has 1 N–H and O–H groups in total. The lowest BCUT2D eigenvalue weighted by Crippen LogP contribution is -2.55. The van der Waals surface area contributed by atoms with Crippen molar-refractivity contribution in [2.75, 3.05) is 13.1 Å². The van der Waals surface area contributed by atoms with Crippen molar-refractivity contribution in [3.63, 3.8) is 0 Å². The molecule has 1 unspecified atom stereocenters. The minimum atomic E-state index is -0.907. The molecular weight excluding hydrogens is 177 g/mol. The van der Waals surface area contributed by atoms with Crippen molar-refractivity contribution in [2.24, 2.45) is 11.8 Å². The Morgan fingerprint density at radius 2 is 1.57 bits per heavy atom. The highest BCUT2D eigenvalue weighted by Crippen LogP contribution is 2.40. The highest BCUT2D eigenvalue weighted by atomic mass is 19.1. The van der Waals surface area contributed by atoms with Crippen LogP contribution in [0.2, 0.25) is 0 Å². The van der Waals surface area contributed by atoms with E-state index in [0.29, 0.717) is 5.92 Å². The van der Waals surface area contributed by atoms with E-state index in [0.717, 1.165) is 25.9 Å². The molecular formula is C12H22FN. The Balaban J connectivity index is 1.95. The van der Waals surface area contributed by atoms with Crippen LogP contribution in [0.1, 0.15) is 45.4 Å². The molecule has 1 saturated carbocycles. The fourth-order valence-corrected chi connectivity index (χ4v) is 2.86. The van der Waals surface area contributed by atoms with Crippen LogP contribution >= 0.6 is 0 Å². The highest BCUT2D eigenvalue weighted by molar-refractivity contribution is 4.96. The molecule has 2 aliphatic rings. The standard InChI is InChI=1S/C12H22FN/c1-12(13,11-8-14-9-11)10-6-4-2-3-5-7-10/h10-11,14H,2-9H2,1H3. The summed E-state index contributed by atoms with van der Waals surface area (Å²) in [6, 6.07) is 0. The number of halogens is 1. The average Bonchev–Trinajstić information content (AvgIpc) is 2.26. The molecule has 2 rings (SSSR count). The zero-order valence-electron chi connectivity index (χ0n) is 9.19. The molecule has 1 atom stereocenters. The van der Waals surface area contributed by atoms with Gasteiger partial charge in [-0.2, -0.15) is 0 Å². The van der Waals surface area contributed by atoms with E-state index in [1.165, 1.54) is 25.7 Å². The van der Waals surface area contributed by atoms with E-state index in [2.05, 4.69) is 5.32 Å². The van der Waals surface area contributed by atoms with Crippen LogP contribution in [0.25, 0.3) is 0 Å². The maximum atomic E-state index is 14.6. The van der Waals surface area contributed by atoms with Crippen LogP contribution < -0.4 is 5.32 Å². The van der Waals surface area contributed by atoms with Crippen LogP contribution in [-0.4, -0.2) is 18.8 Å². The molecule has 82 valence electrons. The van der Waals surface area contributed by atoms with Gasteiger partial charge in [-0.3, -0.25) is 0 Å². The summed E-state index contributed by atoms with van der Waals surface area (Å²) >= 11 is 0. The van der Waals surface area contributed by atoms with Gasteiger partial charge >= 0.3 is 0 Å².